The summed E-state index contributed by atoms with van der Waals surface area (Å²) in [5, 5.41) is 7.92. The van der Waals surface area contributed by atoms with Crippen molar-refractivity contribution in [2.24, 2.45) is 21.7 Å². The van der Waals surface area contributed by atoms with Gasteiger partial charge in [0, 0.05) is 5.56 Å². The van der Waals surface area contributed by atoms with Crippen LogP contribution in [0.1, 0.15) is 5.56 Å². The molecule has 0 aliphatic heterocycles. The molecular weight excluding hydrogens is 258 g/mol. The minimum absolute atomic E-state index is 0. The van der Waals surface area contributed by atoms with Gasteiger partial charge >= 0.3 is 0 Å². The fourth-order valence-corrected chi connectivity index (χ4v) is 1.13. The summed E-state index contributed by atoms with van der Waals surface area (Å²) in [6.45, 7) is 0. The third-order valence-corrected chi connectivity index (χ3v) is 2.19. The van der Waals surface area contributed by atoms with Gasteiger partial charge in [-0.05, 0) is 6.07 Å². The fourth-order valence-electron chi connectivity index (χ4n) is 0.778. The lowest BCUT2D eigenvalue weighted by atomic mass is 10.2. The Bertz CT molecular complexity index is 385. The number of nitrogens with two attached hydrogens (primary N) is 2. The van der Waals surface area contributed by atoms with E-state index in [0.29, 0.717) is 15.6 Å². The molecule has 0 saturated heterocycles. The first-order valence-electron chi connectivity index (χ1n) is 3.67. The average molecular weight is 268 g/mol. The highest BCUT2D eigenvalue weighted by atomic mass is 35.5. The van der Waals surface area contributed by atoms with Crippen LogP contribution in [0.2, 0.25) is 10.0 Å². The van der Waals surface area contributed by atoms with E-state index in [2.05, 4.69) is 10.2 Å². The van der Waals surface area contributed by atoms with E-state index in [1.807, 2.05) is 0 Å². The molecule has 4 N–H and O–H groups in total. The topological polar surface area (TPSA) is 76.8 Å². The summed E-state index contributed by atoms with van der Waals surface area (Å²) in [6.07, 6.45) is 1.42. The Balaban J connectivity index is 0.00000196. The van der Waals surface area contributed by atoms with Crippen LogP contribution >= 0.6 is 35.6 Å². The van der Waals surface area contributed by atoms with Crippen LogP contribution in [0.15, 0.2) is 28.4 Å². The Morgan fingerprint density at radius 1 is 1.27 bits per heavy atom. The summed E-state index contributed by atoms with van der Waals surface area (Å²) in [5.41, 5.74) is 10.8. The summed E-state index contributed by atoms with van der Waals surface area (Å²) in [6, 6.07) is 5.19. The van der Waals surface area contributed by atoms with E-state index in [1.54, 1.807) is 18.2 Å². The average Bonchev–Trinajstić information content (AvgIpc) is 2.12. The monoisotopic (exact) mass is 266 g/mol. The molecule has 0 saturated carbocycles. The van der Waals surface area contributed by atoms with Gasteiger partial charge in [-0.25, -0.2) is 0 Å². The van der Waals surface area contributed by atoms with Gasteiger partial charge in [-0.2, -0.15) is 5.10 Å². The highest BCUT2D eigenvalue weighted by Crippen LogP contribution is 2.24. The van der Waals surface area contributed by atoms with Crippen LogP contribution in [0.3, 0.4) is 0 Å². The largest absolute Gasteiger partial charge is 0.369 e. The van der Waals surface area contributed by atoms with Crippen molar-refractivity contribution in [3.05, 3.63) is 33.8 Å². The van der Waals surface area contributed by atoms with Gasteiger partial charge in [0.1, 0.15) is 0 Å². The van der Waals surface area contributed by atoms with Gasteiger partial charge in [0.2, 0.25) is 5.96 Å². The quantitative estimate of drug-likeness (QED) is 0.488. The van der Waals surface area contributed by atoms with Crippen LogP contribution in [0.25, 0.3) is 0 Å². The molecule has 0 unspecified atom stereocenters. The number of rotatable bonds is 2. The van der Waals surface area contributed by atoms with Crippen LogP contribution < -0.4 is 11.5 Å². The summed E-state index contributed by atoms with van der Waals surface area (Å²) < 4.78 is 0. The van der Waals surface area contributed by atoms with Crippen LogP contribution in [-0.2, 0) is 0 Å². The lowest BCUT2D eigenvalue weighted by molar-refractivity contribution is 1.21. The van der Waals surface area contributed by atoms with E-state index in [1.165, 1.54) is 6.21 Å². The molecule has 0 radical (unpaired) electrons. The minimum atomic E-state index is -0.112. The van der Waals surface area contributed by atoms with Crippen molar-refractivity contribution in [3.8, 4) is 0 Å². The van der Waals surface area contributed by atoms with Crippen molar-refractivity contribution < 1.29 is 0 Å². The molecule has 0 fully saturated rings. The lowest BCUT2D eigenvalue weighted by Gasteiger charge is -1.97. The van der Waals surface area contributed by atoms with Gasteiger partial charge < -0.3 is 11.5 Å². The van der Waals surface area contributed by atoms with Crippen molar-refractivity contribution in [1.29, 1.82) is 0 Å². The predicted molar refractivity (Wildman–Crippen MR) is 67.1 cm³/mol. The van der Waals surface area contributed by atoms with E-state index >= 15 is 0 Å². The van der Waals surface area contributed by atoms with E-state index in [4.69, 9.17) is 34.7 Å². The molecule has 1 aromatic carbocycles. The molecular formula is C8H9Cl3N4. The van der Waals surface area contributed by atoms with Gasteiger partial charge in [-0.3, -0.25) is 0 Å². The Morgan fingerprint density at radius 3 is 2.53 bits per heavy atom. The summed E-state index contributed by atoms with van der Waals surface area (Å²) in [4.78, 5) is 0. The molecule has 0 bridgehead atoms. The number of nitrogens with zero attached hydrogens (tertiary/aromatic N) is 2. The first-order valence-corrected chi connectivity index (χ1v) is 4.43. The summed E-state index contributed by atoms with van der Waals surface area (Å²) >= 11 is 11.7. The second kappa shape index (κ2) is 6.50. The predicted octanol–water partition coefficient (Wildman–Crippen LogP) is 2.02. The zero-order valence-electron chi connectivity index (χ0n) is 7.52. The first kappa shape index (κ1) is 14.0. The second-order valence-electron chi connectivity index (χ2n) is 2.41. The molecule has 0 heterocycles. The molecule has 7 heteroatoms. The third kappa shape index (κ3) is 4.38. The molecule has 0 amide bonds. The van der Waals surface area contributed by atoms with Crippen molar-refractivity contribution in [3.63, 3.8) is 0 Å². The van der Waals surface area contributed by atoms with E-state index in [9.17, 15) is 0 Å². The normalized spacial score (nSPS) is 9.73. The van der Waals surface area contributed by atoms with Crippen molar-refractivity contribution >= 4 is 47.8 Å². The van der Waals surface area contributed by atoms with Crippen LogP contribution in [0.5, 0.6) is 0 Å². The van der Waals surface area contributed by atoms with E-state index in [0.717, 1.165) is 0 Å². The van der Waals surface area contributed by atoms with Gasteiger partial charge in [0.05, 0.1) is 16.3 Å². The lowest BCUT2D eigenvalue weighted by Crippen LogP contribution is -2.21. The van der Waals surface area contributed by atoms with Crippen LogP contribution in [0.4, 0.5) is 0 Å². The third-order valence-electron chi connectivity index (χ3n) is 1.35. The van der Waals surface area contributed by atoms with Crippen LogP contribution in [0, 0.1) is 0 Å². The van der Waals surface area contributed by atoms with Crippen molar-refractivity contribution in [1.82, 2.24) is 0 Å². The molecule has 0 aromatic heterocycles. The SMILES string of the molecule is Cl.NC(N)=N/N=C/c1cccc(Cl)c1Cl. The van der Waals surface area contributed by atoms with Gasteiger partial charge in [0.25, 0.3) is 0 Å². The standard InChI is InChI=1S/C8H8Cl2N4.ClH/c9-6-3-1-2-5(7(6)10)4-13-14-8(11)12;/h1-4H,(H4,11,12,14);1H/b13-4+;. The number of hydrogen-bond acceptors (Lipinski definition) is 2. The highest BCUT2D eigenvalue weighted by molar-refractivity contribution is 6.43. The second-order valence-corrected chi connectivity index (χ2v) is 3.20. The molecule has 82 valence electrons. The number of benzene rings is 1. The zero-order valence-corrected chi connectivity index (χ0v) is 9.85. The molecule has 0 aliphatic rings. The maximum atomic E-state index is 5.87. The Kier molecular flexibility index (Phi) is 6.08. The molecule has 1 rings (SSSR count). The first-order chi connectivity index (χ1) is 6.61. The summed E-state index contributed by atoms with van der Waals surface area (Å²) in [7, 11) is 0. The van der Waals surface area contributed by atoms with Gasteiger partial charge in [-0.1, -0.05) is 35.3 Å². The highest BCUT2D eigenvalue weighted by Gasteiger charge is 2.00. The van der Waals surface area contributed by atoms with Crippen LogP contribution in [-0.4, -0.2) is 12.2 Å². The number of hydrogen-bond donors (Lipinski definition) is 2. The zero-order chi connectivity index (χ0) is 10.6. The van der Waals surface area contributed by atoms with Crippen molar-refractivity contribution in [2.45, 2.75) is 0 Å². The molecule has 0 aliphatic carbocycles. The van der Waals surface area contributed by atoms with Gasteiger partial charge in [0.15, 0.2) is 0 Å². The maximum Gasteiger partial charge on any atom is 0.211 e. The van der Waals surface area contributed by atoms with E-state index in [-0.39, 0.29) is 18.4 Å². The Morgan fingerprint density at radius 2 is 1.93 bits per heavy atom. The van der Waals surface area contributed by atoms with Crippen molar-refractivity contribution in [2.75, 3.05) is 0 Å². The molecule has 0 spiro atoms. The van der Waals surface area contributed by atoms with E-state index < -0.39 is 0 Å². The van der Waals surface area contributed by atoms with Gasteiger partial charge in [-0.15, -0.1) is 17.5 Å². The maximum absolute atomic E-state index is 5.87. The molecule has 4 nitrogen and oxygen atoms in total. The molecule has 15 heavy (non-hydrogen) atoms. The number of guanidine groups is 1. The Hall–Kier alpha value is -0.970. The Labute approximate surface area is 103 Å². The summed E-state index contributed by atoms with van der Waals surface area (Å²) in [5.74, 6) is -0.112. The number of halogens is 3. The molecule has 0 atom stereocenters. The molecule has 1 aromatic rings. The fraction of sp³-hybridized carbons (Fsp3) is 0. The minimum Gasteiger partial charge on any atom is -0.369 e. The smallest absolute Gasteiger partial charge is 0.211 e.